The molecule has 1 unspecified atom stereocenters. The Labute approximate surface area is 213 Å². The standard InChI is InChI=1S/C24H21ClFN7O2S/c25-17-5-4-14(10-19(17)34)11-20-30-31-21-13-32(7-8-33(20)21)24-28-18-6-9-36(35)22(18)23(29-24)27-16-3-1-2-15(26)12-16/h1-5,10,12,34H,6-9,11,13H2,(H,27,28,29). The molecule has 2 aliphatic rings. The first kappa shape index (κ1) is 22.9. The Morgan fingerprint density at radius 3 is 2.86 bits per heavy atom. The third kappa shape index (κ3) is 4.28. The van der Waals surface area contributed by atoms with Crippen LogP contribution in [-0.4, -0.2) is 46.3 Å². The summed E-state index contributed by atoms with van der Waals surface area (Å²) < 4.78 is 28.4. The summed E-state index contributed by atoms with van der Waals surface area (Å²) >= 11 is 5.92. The second-order valence-electron chi connectivity index (χ2n) is 8.65. The van der Waals surface area contributed by atoms with Gasteiger partial charge in [0, 0.05) is 37.4 Å². The van der Waals surface area contributed by atoms with Crippen molar-refractivity contribution in [2.75, 3.05) is 22.5 Å². The van der Waals surface area contributed by atoms with Gasteiger partial charge in [-0.3, -0.25) is 4.21 Å². The molecule has 1 atom stereocenters. The van der Waals surface area contributed by atoms with E-state index in [0.717, 1.165) is 22.9 Å². The van der Waals surface area contributed by atoms with Crippen LogP contribution in [0.5, 0.6) is 5.75 Å². The highest BCUT2D eigenvalue weighted by molar-refractivity contribution is 7.85. The quantitative estimate of drug-likeness (QED) is 0.407. The molecule has 0 saturated heterocycles. The summed E-state index contributed by atoms with van der Waals surface area (Å²) in [7, 11) is -1.21. The van der Waals surface area contributed by atoms with E-state index in [1.807, 2.05) is 11.0 Å². The van der Waals surface area contributed by atoms with Crippen LogP contribution >= 0.6 is 11.6 Å². The monoisotopic (exact) mass is 525 g/mol. The number of aromatic nitrogens is 5. The molecule has 9 nitrogen and oxygen atoms in total. The molecule has 0 radical (unpaired) electrons. The Kier molecular flexibility index (Phi) is 5.81. The van der Waals surface area contributed by atoms with Crippen LogP contribution in [-0.2, 0) is 36.7 Å². The number of phenols is 1. The number of hydrogen-bond acceptors (Lipinski definition) is 8. The van der Waals surface area contributed by atoms with Crippen molar-refractivity contribution in [3.63, 3.8) is 0 Å². The Morgan fingerprint density at radius 2 is 2.03 bits per heavy atom. The lowest BCUT2D eigenvalue weighted by Gasteiger charge is -2.28. The maximum atomic E-state index is 13.7. The average molecular weight is 526 g/mol. The zero-order valence-electron chi connectivity index (χ0n) is 19.0. The summed E-state index contributed by atoms with van der Waals surface area (Å²) in [4.78, 5) is 12.0. The maximum absolute atomic E-state index is 13.7. The van der Waals surface area contributed by atoms with Gasteiger partial charge in [-0.2, -0.15) is 4.98 Å². The van der Waals surface area contributed by atoms with E-state index in [1.165, 1.54) is 12.1 Å². The molecule has 0 amide bonds. The molecule has 12 heteroatoms. The first-order valence-electron chi connectivity index (χ1n) is 11.4. The van der Waals surface area contributed by atoms with E-state index in [4.69, 9.17) is 21.6 Å². The van der Waals surface area contributed by atoms with Gasteiger partial charge in [-0.25, -0.2) is 9.37 Å². The molecule has 184 valence electrons. The fraction of sp³-hybridized carbons (Fsp3) is 0.250. The van der Waals surface area contributed by atoms with Crippen LogP contribution in [0.4, 0.5) is 21.8 Å². The molecule has 36 heavy (non-hydrogen) atoms. The van der Waals surface area contributed by atoms with Crippen molar-refractivity contribution in [2.45, 2.75) is 30.8 Å². The minimum Gasteiger partial charge on any atom is -0.506 e. The highest BCUT2D eigenvalue weighted by atomic mass is 35.5. The number of hydrogen-bond donors (Lipinski definition) is 2. The molecule has 0 spiro atoms. The van der Waals surface area contributed by atoms with Crippen molar-refractivity contribution in [3.05, 3.63) is 76.2 Å². The van der Waals surface area contributed by atoms with Crippen LogP contribution in [0.15, 0.2) is 47.4 Å². The summed E-state index contributed by atoms with van der Waals surface area (Å²) in [5.41, 5.74) is 2.16. The topological polar surface area (TPSA) is 109 Å². The number of halogens is 2. The normalized spacial score (nSPS) is 16.6. The van der Waals surface area contributed by atoms with Crippen LogP contribution in [0.3, 0.4) is 0 Å². The van der Waals surface area contributed by atoms with Crippen molar-refractivity contribution in [2.24, 2.45) is 0 Å². The predicted molar refractivity (Wildman–Crippen MR) is 134 cm³/mol. The van der Waals surface area contributed by atoms with Crippen molar-refractivity contribution in [1.82, 2.24) is 24.7 Å². The summed E-state index contributed by atoms with van der Waals surface area (Å²) in [6, 6.07) is 11.2. The largest absolute Gasteiger partial charge is 0.506 e. The van der Waals surface area contributed by atoms with E-state index >= 15 is 0 Å². The Morgan fingerprint density at radius 1 is 1.14 bits per heavy atom. The number of aromatic hydroxyl groups is 1. The van der Waals surface area contributed by atoms with E-state index in [9.17, 15) is 13.7 Å². The summed E-state index contributed by atoms with van der Waals surface area (Å²) in [6.07, 6.45) is 1.11. The SMILES string of the molecule is O=S1CCc2nc(N3CCn4c(Cc5ccc(Cl)c(O)c5)nnc4C3)nc(Nc3cccc(F)c3)c21. The zero-order valence-corrected chi connectivity index (χ0v) is 20.6. The fourth-order valence-electron chi connectivity index (χ4n) is 4.48. The van der Waals surface area contributed by atoms with Crippen LogP contribution in [0.2, 0.25) is 5.02 Å². The Balaban J connectivity index is 1.27. The number of phenolic OH excluding ortho intramolecular Hbond substituents is 1. The van der Waals surface area contributed by atoms with Crippen LogP contribution in [0.1, 0.15) is 22.9 Å². The summed E-state index contributed by atoms with van der Waals surface area (Å²) in [6.45, 7) is 1.72. The Hall–Kier alpha value is -3.57. The van der Waals surface area contributed by atoms with Gasteiger partial charge in [0.15, 0.2) is 11.6 Å². The molecule has 2 aliphatic heterocycles. The highest BCUT2D eigenvalue weighted by Crippen LogP contribution is 2.33. The molecular formula is C24H21ClFN7O2S. The lowest BCUT2D eigenvalue weighted by molar-refractivity contribution is 0.475. The van der Waals surface area contributed by atoms with E-state index in [2.05, 4.69) is 20.1 Å². The highest BCUT2D eigenvalue weighted by Gasteiger charge is 2.29. The molecule has 4 heterocycles. The Bertz CT molecular complexity index is 1510. The predicted octanol–water partition coefficient (Wildman–Crippen LogP) is 3.58. The number of anilines is 3. The third-order valence-electron chi connectivity index (χ3n) is 6.25. The molecule has 0 fully saturated rings. The molecule has 0 aliphatic carbocycles. The number of fused-ring (bicyclic) bond motifs is 2. The van der Waals surface area contributed by atoms with E-state index in [0.29, 0.717) is 65.6 Å². The van der Waals surface area contributed by atoms with Crippen molar-refractivity contribution < 1.29 is 13.7 Å². The zero-order chi connectivity index (χ0) is 24.8. The molecule has 4 aromatic rings. The third-order valence-corrected chi connectivity index (χ3v) is 8.03. The van der Waals surface area contributed by atoms with Gasteiger partial charge in [0.2, 0.25) is 5.95 Å². The van der Waals surface area contributed by atoms with Gasteiger partial charge in [0.1, 0.15) is 22.3 Å². The maximum Gasteiger partial charge on any atom is 0.228 e. The first-order chi connectivity index (χ1) is 17.4. The number of rotatable bonds is 5. The summed E-state index contributed by atoms with van der Waals surface area (Å²) in [5, 5.41) is 22.1. The first-order valence-corrected chi connectivity index (χ1v) is 13.1. The molecule has 0 saturated carbocycles. The lowest BCUT2D eigenvalue weighted by Crippen LogP contribution is -2.35. The number of aryl methyl sites for hydroxylation is 1. The molecule has 0 bridgehead atoms. The van der Waals surface area contributed by atoms with Crippen molar-refractivity contribution in [1.29, 1.82) is 0 Å². The minimum absolute atomic E-state index is 0.0380. The molecule has 2 aromatic heterocycles. The lowest BCUT2D eigenvalue weighted by atomic mass is 10.1. The van der Waals surface area contributed by atoms with Crippen LogP contribution < -0.4 is 10.2 Å². The molecule has 2 N–H and O–H groups in total. The van der Waals surface area contributed by atoms with E-state index in [1.54, 1.807) is 24.3 Å². The number of benzene rings is 2. The number of nitrogens with zero attached hydrogens (tertiary/aromatic N) is 6. The van der Waals surface area contributed by atoms with E-state index in [-0.39, 0.29) is 11.6 Å². The van der Waals surface area contributed by atoms with Gasteiger partial charge < -0.3 is 19.9 Å². The second kappa shape index (κ2) is 9.14. The van der Waals surface area contributed by atoms with E-state index < -0.39 is 10.8 Å². The van der Waals surface area contributed by atoms with Gasteiger partial charge >= 0.3 is 0 Å². The summed E-state index contributed by atoms with van der Waals surface area (Å²) in [5.74, 6) is 2.68. The van der Waals surface area contributed by atoms with Gasteiger partial charge in [0.05, 0.1) is 28.1 Å². The smallest absolute Gasteiger partial charge is 0.228 e. The van der Waals surface area contributed by atoms with Gasteiger partial charge in [-0.05, 0) is 35.9 Å². The van der Waals surface area contributed by atoms with Crippen molar-refractivity contribution in [3.8, 4) is 5.75 Å². The van der Waals surface area contributed by atoms with Gasteiger partial charge in [-0.1, -0.05) is 23.7 Å². The number of nitrogens with one attached hydrogen (secondary N) is 1. The van der Waals surface area contributed by atoms with Crippen molar-refractivity contribution >= 4 is 39.9 Å². The molecular weight excluding hydrogens is 505 g/mol. The fourth-order valence-corrected chi connectivity index (χ4v) is 5.91. The second-order valence-corrected chi connectivity index (χ2v) is 10.6. The molecule has 2 aromatic carbocycles. The van der Waals surface area contributed by atoms with Crippen LogP contribution in [0, 0.1) is 5.82 Å². The molecule has 6 rings (SSSR count). The minimum atomic E-state index is -1.21. The van der Waals surface area contributed by atoms with Crippen LogP contribution in [0.25, 0.3) is 0 Å². The van der Waals surface area contributed by atoms with Gasteiger partial charge in [-0.15, -0.1) is 10.2 Å². The van der Waals surface area contributed by atoms with Gasteiger partial charge in [0.25, 0.3) is 0 Å². The average Bonchev–Trinajstić information content (AvgIpc) is 3.44.